The van der Waals surface area contributed by atoms with Crippen LogP contribution in [0.15, 0.2) is 58.0 Å². The van der Waals surface area contributed by atoms with Gasteiger partial charge in [0, 0.05) is 74.2 Å². The molecule has 26 heteroatoms. The highest BCUT2D eigenvalue weighted by atomic mass is 80.0. The van der Waals surface area contributed by atoms with Gasteiger partial charge in [-0.25, -0.2) is 24.9 Å². The number of rotatable bonds is 6. The van der Waals surface area contributed by atoms with Crippen LogP contribution in [0.2, 0.25) is 15.9 Å². The van der Waals surface area contributed by atoms with Crippen molar-refractivity contribution >= 4 is 125 Å². The summed E-state index contributed by atoms with van der Waals surface area (Å²) >= 11 is 35.9. The maximum atomic E-state index is 11.2. The molecule has 0 aromatic carbocycles. The second-order valence-electron chi connectivity index (χ2n) is 10.6. The Morgan fingerprint density at radius 3 is 1.56 bits per heavy atom. The van der Waals surface area contributed by atoms with Crippen molar-refractivity contribution in [3.63, 3.8) is 0 Å². The third-order valence-corrected chi connectivity index (χ3v) is 9.30. The van der Waals surface area contributed by atoms with E-state index in [4.69, 9.17) is 45.0 Å². The molecule has 0 atom stereocenters. The van der Waals surface area contributed by atoms with Crippen molar-refractivity contribution in [3.05, 3.63) is 119 Å². The van der Waals surface area contributed by atoms with E-state index in [0.717, 1.165) is 33.8 Å². The van der Waals surface area contributed by atoms with E-state index in [1.807, 2.05) is 25.7 Å². The number of thioether (sulfide) groups is 1. The summed E-state index contributed by atoms with van der Waals surface area (Å²) in [6.07, 6.45) is 8.30. The lowest BCUT2D eigenvalue weighted by Crippen LogP contribution is -2.08. The van der Waals surface area contributed by atoms with Gasteiger partial charge >= 0.3 is 0 Å². The van der Waals surface area contributed by atoms with Crippen LogP contribution in [0.5, 0.6) is 0 Å². The van der Waals surface area contributed by atoms with Gasteiger partial charge in [0.1, 0.15) is 4.03 Å². The summed E-state index contributed by atoms with van der Waals surface area (Å²) in [6, 6.07) is 2.92. The Morgan fingerprint density at radius 2 is 1.25 bits per heavy atom. The Balaban J connectivity index is 0.000000690. The number of aromatic nitrogens is 12. The van der Waals surface area contributed by atoms with Gasteiger partial charge in [-0.2, -0.15) is 0 Å². The summed E-state index contributed by atoms with van der Waals surface area (Å²) in [5, 5.41) is 19.9. The molecular weight excluding hydrogens is 1130 g/mol. The molecule has 0 aliphatic heterocycles. The van der Waals surface area contributed by atoms with Crippen LogP contribution in [0.4, 0.5) is 0 Å². The van der Waals surface area contributed by atoms with Gasteiger partial charge in [-0.1, -0.05) is 35.1 Å². The van der Waals surface area contributed by atoms with Gasteiger partial charge in [-0.15, -0.1) is 0 Å². The zero-order valence-corrected chi connectivity index (χ0v) is 41.7. The maximum absolute atomic E-state index is 11.2. The van der Waals surface area contributed by atoms with E-state index >= 15 is 0 Å². The topological polar surface area (TPSA) is 206 Å². The number of aliphatic hydroxyl groups excluding tert-OH is 2. The number of hydrogen-bond donors (Lipinski definition) is 5. The SMILES string of the molecule is BrP(Br)Br.C.Cc1cc(=O)[nH]c(=S)[nH]1.Cc1cc(=O)[nH]c(SCc2cnc(Cl)n2C)n1.Cn1c(CBr)cnc1Cl.Cn1c(CO)cnc1Cl.Cn1cncc1CO. The lowest BCUT2D eigenvalue weighted by molar-refractivity contribution is 0.272. The third kappa shape index (κ3) is 21.9. The first-order valence-corrected chi connectivity index (χ1v) is 26.4. The van der Waals surface area contributed by atoms with Gasteiger partial charge in [-0.3, -0.25) is 14.6 Å². The van der Waals surface area contributed by atoms with Crippen LogP contribution in [0, 0.1) is 18.6 Å². The fourth-order valence-electron chi connectivity index (χ4n) is 3.55. The van der Waals surface area contributed by atoms with Gasteiger partial charge in [-0.05, 0) is 107 Å². The maximum Gasteiger partial charge on any atom is 0.251 e. The predicted octanol–water partition coefficient (Wildman–Crippen LogP) is 8.98. The Labute approximate surface area is 387 Å². The Morgan fingerprint density at radius 1 is 0.772 bits per heavy atom. The van der Waals surface area contributed by atoms with Crippen molar-refractivity contribution in [1.29, 1.82) is 0 Å². The van der Waals surface area contributed by atoms with Crippen LogP contribution in [0.3, 0.4) is 0 Å². The summed E-state index contributed by atoms with van der Waals surface area (Å²) in [7, 11) is 7.32. The van der Waals surface area contributed by atoms with Crippen LogP contribution in [0.1, 0.15) is 41.6 Å². The van der Waals surface area contributed by atoms with E-state index in [9.17, 15) is 9.59 Å². The number of hydrogen-bond acceptors (Lipinski definition) is 11. The molecule has 16 nitrogen and oxygen atoms in total. The molecule has 0 saturated heterocycles. The minimum Gasteiger partial charge on any atom is -0.390 e. The van der Waals surface area contributed by atoms with Crippen molar-refractivity contribution in [2.24, 2.45) is 28.2 Å². The largest absolute Gasteiger partial charge is 0.390 e. The highest BCUT2D eigenvalue weighted by molar-refractivity contribution is 9.93. The highest BCUT2D eigenvalue weighted by Gasteiger charge is 2.06. The Bertz CT molecular complexity index is 2170. The molecule has 6 heterocycles. The van der Waals surface area contributed by atoms with E-state index < -0.39 is 0 Å². The summed E-state index contributed by atoms with van der Waals surface area (Å²) in [6.45, 7) is 3.62. The van der Waals surface area contributed by atoms with E-state index in [1.54, 1.807) is 65.7 Å². The van der Waals surface area contributed by atoms with E-state index in [1.165, 1.54) is 23.9 Å². The Hall–Kier alpha value is -1.69. The molecule has 0 spiro atoms. The summed E-state index contributed by atoms with van der Waals surface area (Å²) in [5.41, 5.74) is 4.82. The number of aryl methyl sites for hydroxylation is 3. The molecule has 5 N–H and O–H groups in total. The molecule has 0 amide bonds. The molecule has 0 unspecified atom stereocenters. The smallest absolute Gasteiger partial charge is 0.251 e. The number of nitrogens with one attached hydrogen (secondary N) is 3. The number of nitrogens with zero attached hydrogens (tertiary/aromatic N) is 9. The summed E-state index contributed by atoms with van der Waals surface area (Å²) < 4.78 is 7.22. The van der Waals surface area contributed by atoms with Crippen molar-refractivity contribution in [2.75, 3.05) is 0 Å². The fourth-order valence-corrected chi connectivity index (χ4v) is 5.74. The van der Waals surface area contributed by atoms with E-state index in [0.29, 0.717) is 37.2 Å². The van der Waals surface area contributed by atoms with Crippen LogP contribution in [-0.2, 0) is 52.5 Å². The van der Waals surface area contributed by atoms with Gasteiger partial charge in [0.25, 0.3) is 11.1 Å². The Kier molecular flexibility index (Phi) is 28.6. The molecule has 57 heavy (non-hydrogen) atoms. The zero-order chi connectivity index (χ0) is 42.5. The summed E-state index contributed by atoms with van der Waals surface area (Å²) in [5.74, 6) is 0.655. The molecule has 0 fully saturated rings. The van der Waals surface area contributed by atoms with Crippen LogP contribution < -0.4 is 11.1 Å². The minimum absolute atomic E-state index is 0. The molecule has 6 rings (SSSR count). The lowest BCUT2D eigenvalue weighted by atomic mass is 10.5. The average Bonchev–Trinajstić information content (AvgIpc) is 3.87. The first-order valence-electron chi connectivity index (χ1n) is 15.3. The van der Waals surface area contributed by atoms with Crippen molar-refractivity contribution in [3.8, 4) is 0 Å². The number of halogens is 7. The normalized spacial score (nSPS) is 9.89. The lowest BCUT2D eigenvalue weighted by Gasteiger charge is -2.03. The first-order chi connectivity index (χ1) is 26.3. The predicted molar refractivity (Wildman–Crippen MR) is 249 cm³/mol. The summed E-state index contributed by atoms with van der Waals surface area (Å²) in [4.78, 5) is 49.3. The average molecular weight is 1170 g/mol. The number of imidazole rings is 4. The quantitative estimate of drug-likeness (QED) is 0.0350. The fraction of sp³-hybridized carbons (Fsp3) is 0.355. The molecule has 0 saturated carbocycles. The number of alkyl halides is 1. The minimum atomic E-state index is -0.183. The monoisotopic (exact) mass is 1160 g/mol. The molecular formula is C31H42Br4Cl3N12O4PS2. The van der Waals surface area contributed by atoms with Crippen LogP contribution >= 0.6 is 125 Å². The third-order valence-electron chi connectivity index (χ3n) is 6.56. The van der Waals surface area contributed by atoms with Gasteiger partial charge in [0.2, 0.25) is 15.9 Å². The second-order valence-corrected chi connectivity index (χ2v) is 28.9. The van der Waals surface area contributed by atoms with Gasteiger partial charge in [0.15, 0.2) is 9.93 Å². The van der Waals surface area contributed by atoms with Gasteiger partial charge in [0.05, 0.1) is 55.7 Å². The number of H-pyrrole nitrogens is 3. The van der Waals surface area contributed by atoms with Gasteiger partial charge < -0.3 is 38.4 Å². The molecule has 316 valence electrons. The van der Waals surface area contributed by atoms with E-state index in [-0.39, 0.29) is 35.8 Å². The molecule has 0 radical (unpaired) electrons. The standard InChI is InChI=1S/C10H11ClN4OS.C5H6BrClN2.C5H7ClN2O.C5H6N2OS.C5H8N2O.CH4.Br3P/c1-6-3-8(16)14-10(13-6)17-5-7-4-12-9(11)15(7)2;1-9-4(2-6)3-8-5(9)7;1-8-4(3-9)2-7-5(8)6;1-3-2-4(8)7-5(9)6-3;1-7-4-6-2-5(7)3-8;;1-4(2)3/h3-4H,5H2,1-2H3,(H,13,14,16);3H,2H2,1H3;2,9H,3H2,1H3;2H,1H3,(H2,6,7,8,9);2,4,8H,3H2,1H3;1H4;. The molecule has 6 aromatic rings. The molecule has 0 bridgehead atoms. The first kappa shape index (κ1) is 55.3. The number of aromatic amines is 3. The molecule has 0 aliphatic rings. The number of aliphatic hydroxyl groups is 2. The van der Waals surface area contributed by atoms with E-state index in [2.05, 4.69) is 114 Å². The van der Waals surface area contributed by atoms with Crippen LogP contribution in [0.25, 0.3) is 0 Å². The van der Waals surface area contributed by atoms with Crippen molar-refractivity contribution in [1.82, 2.24) is 58.1 Å². The second kappa shape index (κ2) is 29.5. The zero-order valence-electron chi connectivity index (χ0n) is 30.5. The molecule has 6 aromatic heterocycles. The van der Waals surface area contributed by atoms with Crippen molar-refractivity contribution in [2.45, 2.75) is 50.7 Å². The molecule has 0 aliphatic carbocycles. The highest BCUT2D eigenvalue weighted by Crippen LogP contribution is 2.59. The van der Waals surface area contributed by atoms with Crippen molar-refractivity contribution < 1.29 is 10.2 Å². The van der Waals surface area contributed by atoms with Crippen LogP contribution in [-0.4, -0.2) is 68.4 Å².